The summed E-state index contributed by atoms with van der Waals surface area (Å²) in [6.07, 6.45) is 1.81. The van der Waals surface area contributed by atoms with E-state index in [-0.39, 0.29) is 12.1 Å². The van der Waals surface area contributed by atoms with Crippen LogP contribution in [0.5, 0.6) is 11.5 Å². The van der Waals surface area contributed by atoms with Crippen molar-refractivity contribution >= 4 is 6.03 Å². The molecule has 24 heavy (non-hydrogen) atoms. The van der Waals surface area contributed by atoms with Crippen molar-refractivity contribution in [1.82, 2.24) is 10.2 Å². The first-order chi connectivity index (χ1) is 11.7. The average Bonchev–Trinajstić information content (AvgIpc) is 2.62. The number of primary amides is 1. The lowest BCUT2D eigenvalue weighted by Crippen LogP contribution is -2.47. The minimum atomic E-state index is -0.324. The van der Waals surface area contributed by atoms with Gasteiger partial charge >= 0.3 is 6.03 Å². The van der Waals surface area contributed by atoms with Gasteiger partial charge in [-0.3, -0.25) is 0 Å². The summed E-state index contributed by atoms with van der Waals surface area (Å²) >= 11 is 0. The smallest absolute Gasteiger partial charge is 0.314 e. The Morgan fingerprint density at radius 2 is 1.54 bits per heavy atom. The number of benzene rings is 2. The van der Waals surface area contributed by atoms with Crippen LogP contribution in [0.3, 0.4) is 0 Å². The van der Waals surface area contributed by atoms with E-state index in [9.17, 15) is 4.79 Å². The van der Waals surface area contributed by atoms with Crippen LogP contribution in [0.25, 0.3) is 0 Å². The first-order valence-electron chi connectivity index (χ1n) is 8.38. The molecule has 0 aliphatic carbocycles. The van der Waals surface area contributed by atoms with Crippen LogP contribution in [-0.4, -0.2) is 30.1 Å². The van der Waals surface area contributed by atoms with E-state index in [1.54, 1.807) is 4.90 Å². The number of para-hydroxylation sites is 2. The Morgan fingerprint density at radius 1 is 1.00 bits per heavy atom. The molecule has 0 spiro atoms. The normalized spacial score (nSPS) is 17.8. The van der Waals surface area contributed by atoms with Crippen molar-refractivity contribution in [3.63, 3.8) is 0 Å². The predicted octanol–water partition coefficient (Wildman–Crippen LogP) is 3.01. The first-order valence-corrected chi connectivity index (χ1v) is 8.38. The Kier molecular flexibility index (Phi) is 3.86. The number of fused-ring (bicyclic) bond motifs is 2. The number of carbonyl (C=O) groups is 1. The molecule has 3 N–H and O–H groups in total. The van der Waals surface area contributed by atoms with E-state index in [1.807, 2.05) is 36.4 Å². The molecular formula is C19H21N3O2. The minimum Gasteiger partial charge on any atom is -0.457 e. The van der Waals surface area contributed by atoms with E-state index in [0.717, 1.165) is 35.5 Å². The molecule has 0 unspecified atom stereocenters. The van der Waals surface area contributed by atoms with Crippen LogP contribution >= 0.6 is 0 Å². The summed E-state index contributed by atoms with van der Waals surface area (Å²) in [5, 5.41) is 3.77. The Bertz CT molecular complexity index is 708. The SMILES string of the molecule is NC(=O)N1CCC(NC2c3ccccc3Oc3ccccc32)CC1. The molecule has 4 rings (SSSR count). The summed E-state index contributed by atoms with van der Waals surface area (Å²) in [5.74, 6) is 1.81. The third-order valence-corrected chi connectivity index (χ3v) is 4.89. The summed E-state index contributed by atoms with van der Waals surface area (Å²) in [6, 6.07) is 16.5. The second kappa shape index (κ2) is 6.17. The van der Waals surface area contributed by atoms with Crippen LogP contribution in [0, 0.1) is 0 Å². The topological polar surface area (TPSA) is 67.6 Å². The standard InChI is InChI=1S/C19H21N3O2/c20-19(23)22-11-9-13(10-12-22)21-18-14-5-1-3-7-16(14)24-17-8-4-2-6-15(17)18/h1-8,13,18,21H,9-12H2,(H2,20,23). The Labute approximate surface area is 141 Å². The molecular weight excluding hydrogens is 302 g/mol. The molecule has 0 atom stereocenters. The van der Waals surface area contributed by atoms with Gasteiger partial charge in [-0.25, -0.2) is 4.79 Å². The van der Waals surface area contributed by atoms with E-state index in [4.69, 9.17) is 10.5 Å². The second-order valence-corrected chi connectivity index (χ2v) is 6.38. The predicted molar refractivity (Wildman–Crippen MR) is 92.1 cm³/mol. The van der Waals surface area contributed by atoms with E-state index in [1.165, 1.54) is 0 Å². The number of nitrogens with zero attached hydrogens (tertiary/aromatic N) is 1. The quantitative estimate of drug-likeness (QED) is 0.893. The number of piperidine rings is 1. The number of likely N-dealkylation sites (tertiary alicyclic amines) is 1. The number of ether oxygens (including phenoxy) is 1. The molecule has 5 heteroatoms. The maximum Gasteiger partial charge on any atom is 0.314 e. The number of nitrogens with one attached hydrogen (secondary N) is 1. The van der Waals surface area contributed by atoms with E-state index in [2.05, 4.69) is 17.4 Å². The summed E-state index contributed by atoms with van der Waals surface area (Å²) < 4.78 is 6.04. The fourth-order valence-corrected chi connectivity index (χ4v) is 3.59. The van der Waals surface area contributed by atoms with E-state index < -0.39 is 0 Å². The second-order valence-electron chi connectivity index (χ2n) is 6.38. The summed E-state index contributed by atoms with van der Waals surface area (Å²) in [7, 11) is 0. The van der Waals surface area contributed by atoms with Gasteiger partial charge in [0.2, 0.25) is 0 Å². The molecule has 0 aromatic heterocycles. The van der Waals surface area contributed by atoms with Gasteiger partial charge in [-0.2, -0.15) is 0 Å². The van der Waals surface area contributed by atoms with Gasteiger partial charge in [0.05, 0.1) is 6.04 Å². The highest BCUT2D eigenvalue weighted by Crippen LogP contribution is 2.42. The zero-order valence-electron chi connectivity index (χ0n) is 13.4. The van der Waals surface area contributed by atoms with E-state index >= 15 is 0 Å². The van der Waals surface area contributed by atoms with Crippen molar-refractivity contribution in [1.29, 1.82) is 0 Å². The molecule has 0 bridgehead atoms. The number of amides is 2. The van der Waals surface area contributed by atoms with Crippen molar-refractivity contribution in [2.24, 2.45) is 5.73 Å². The fraction of sp³-hybridized carbons (Fsp3) is 0.316. The van der Waals surface area contributed by atoms with Crippen LogP contribution in [0.2, 0.25) is 0 Å². The van der Waals surface area contributed by atoms with Gasteiger partial charge in [0, 0.05) is 30.3 Å². The highest BCUT2D eigenvalue weighted by Gasteiger charge is 2.30. The van der Waals surface area contributed by atoms with Crippen LogP contribution in [0.4, 0.5) is 4.79 Å². The molecule has 2 aromatic rings. The van der Waals surface area contributed by atoms with Gasteiger partial charge < -0.3 is 20.7 Å². The Balaban J connectivity index is 1.58. The summed E-state index contributed by atoms with van der Waals surface area (Å²) in [4.78, 5) is 13.0. The molecule has 1 saturated heterocycles. The molecule has 5 nitrogen and oxygen atoms in total. The third kappa shape index (κ3) is 2.71. The first kappa shape index (κ1) is 15.0. The highest BCUT2D eigenvalue weighted by atomic mass is 16.5. The van der Waals surface area contributed by atoms with Crippen LogP contribution in [0.15, 0.2) is 48.5 Å². The fourth-order valence-electron chi connectivity index (χ4n) is 3.59. The number of urea groups is 1. The average molecular weight is 323 g/mol. The number of hydrogen-bond acceptors (Lipinski definition) is 3. The molecule has 2 aliphatic heterocycles. The van der Waals surface area contributed by atoms with E-state index in [0.29, 0.717) is 19.1 Å². The maximum atomic E-state index is 11.3. The molecule has 2 heterocycles. The van der Waals surface area contributed by atoms with Gasteiger partial charge in [0.1, 0.15) is 11.5 Å². The molecule has 2 amide bonds. The zero-order chi connectivity index (χ0) is 16.5. The third-order valence-electron chi connectivity index (χ3n) is 4.89. The van der Waals surface area contributed by atoms with Gasteiger partial charge in [-0.15, -0.1) is 0 Å². The van der Waals surface area contributed by atoms with Gasteiger partial charge in [0.25, 0.3) is 0 Å². The Morgan fingerprint density at radius 3 is 2.08 bits per heavy atom. The monoisotopic (exact) mass is 323 g/mol. The van der Waals surface area contributed by atoms with Crippen molar-refractivity contribution < 1.29 is 9.53 Å². The summed E-state index contributed by atoms with van der Waals surface area (Å²) in [6.45, 7) is 1.42. The number of carbonyl (C=O) groups excluding carboxylic acids is 1. The zero-order valence-corrected chi connectivity index (χ0v) is 13.4. The van der Waals surface area contributed by atoms with Gasteiger partial charge in [-0.05, 0) is 25.0 Å². The van der Waals surface area contributed by atoms with Crippen LogP contribution < -0.4 is 15.8 Å². The lowest BCUT2D eigenvalue weighted by molar-refractivity contribution is 0.183. The minimum absolute atomic E-state index is 0.108. The van der Waals surface area contributed by atoms with Crippen molar-refractivity contribution in [3.05, 3.63) is 59.7 Å². The van der Waals surface area contributed by atoms with Crippen molar-refractivity contribution in [3.8, 4) is 11.5 Å². The lowest BCUT2D eigenvalue weighted by atomic mass is 9.92. The van der Waals surface area contributed by atoms with Gasteiger partial charge in [0.15, 0.2) is 0 Å². The molecule has 2 aliphatic rings. The maximum absolute atomic E-state index is 11.3. The molecule has 2 aromatic carbocycles. The molecule has 0 radical (unpaired) electrons. The molecule has 1 fully saturated rings. The number of hydrogen-bond donors (Lipinski definition) is 2. The lowest BCUT2D eigenvalue weighted by Gasteiger charge is -2.36. The van der Waals surface area contributed by atoms with Gasteiger partial charge in [-0.1, -0.05) is 36.4 Å². The molecule has 0 saturated carbocycles. The number of nitrogens with two attached hydrogens (primary N) is 1. The number of rotatable bonds is 2. The molecule has 124 valence electrons. The largest absolute Gasteiger partial charge is 0.457 e. The van der Waals surface area contributed by atoms with Crippen LogP contribution in [-0.2, 0) is 0 Å². The Hall–Kier alpha value is -2.53. The van der Waals surface area contributed by atoms with Crippen LogP contribution in [0.1, 0.15) is 30.0 Å². The van der Waals surface area contributed by atoms with Crippen molar-refractivity contribution in [2.45, 2.75) is 24.9 Å². The van der Waals surface area contributed by atoms with Crippen molar-refractivity contribution in [2.75, 3.05) is 13.1 Å². The highest BCUT2D eigenvalue weighted by molar-refractivity contribution is 5.72. The summed E-state index contributed by atoms with van der Waals surface area (Å²) in [5.41, 5.74) is 7.69.